The molecule has 9 heteroatoms. The van der Waals surface area contributed by atoms with Crippen LogP contribution in [0.5, 0.6) is 0 Å². The molecule has 0 saturated heterocycles. The van der Waals surface area contributed by atoms with Crippen molar-refractivity contribution in [1.82, 2.24) is 9.78 Å². The van der Waals surface area contributed by atoms with E-state index in [0.717, 1.165) is 27.7 Å². The number of esters is 1. The fourth-order valence-electron chi connectivity index (χ4n) is 3.31. The molecular weight excluding hydrogens is 438 g/mol. The van der Waals surface area contributed by atoms with Crippen molar-refractivity contribution in [3.05, 3.63) is 63.6 Å². The average molecular weight is 458 g/mol. The Kier molecular flexibility index (Phi) is 6.03. The normalized spacial score (nSPS) is 13.7. The van der Waals surface area contributed by atoms with Crippen LogP contribution in [0.1, 0.15) is 22.8 Å². The Morgan fingerprint density at radius 3 is 2.63 bits per heavy atom. The molecular formula is C21H19N3O3S3. The second-order valence-electron chi connectivity index (χ2n) is 6.71. The van der Waals surface area contributed by atoms with Gasteiger partial charge in [-0.15, -0.1) is 5.10 Å². The number of thioether (sulfide) groups is 1. The standard InChI is InChI=1S/C21H19N3O3S3/c1-13(18(25)23-12-11-14-5-3-4-6-17(14)23)27-19(26)15-7-9-16(10-8-15)24-21(28)30-20(22-24)29-2/h3-10,13H,11-12H2,1-2H3/t13-/m0/s1. The van der Waals surface area contributed by atoms with E-state index in [0.29, 0.717) is 16.1 Å². The highest BCUT2D eigenvalue weighted by Crippen LogP contribution is 2.28. The predicted octanol–water partition coefficient (Wildman–Crippen LogP) is 4.52. The van der Waals surface area contributed by atoms with Gasteiger partial charge in [0, 0.05) is 12.2 Å². The van der Waals surface area contributed by atoms with Gasteiger partial charge in [-0.05, 0) is 67.7 Å². The summed E-state index contributed by atoms with van der Waals surface area (Å²) in [6, 6.07) is 14.6. The molecule has 2 heterocycles. The first-order valence-corrected chi connectivity index (χ1v) is 11.8. The maximum Gasteiger partial charge on any atom is 0.338 e. The van der Waals surface area contributed by atoms with Crippen molar-refractivity contribution in [3.8, 4) is 5.69 Å². The van der Waals surface area contributed by atoms with Crippen LogP contribution in [0.25, 0.3) is 5.69 Å². The lowest BCUT2D eigenvalue weighted by Gasteiger charge is -2.21. The predicted molar refractivity (Wildman–Crippen MR) is 121 cm³/mol. The number of carbonyl (C=O) groups excluding carboxylic acids is 2. The lowest BCUT2D eigenvalue weighted by atomic mass is 10.2. The Hall–Kier alpha value is -2.49. The van der Waals surface area contributed by atoms with Crippen molar-refractivity contribution < 1.29 is 14.3 Å². The third kappa shape index (κ3) is 4.05. The summed E-state index contributed by atoms with van der Waals surface area (Å²) in [6.07, 6.45) is 1.88. The van der Waals surface area contributed by atoms with Crippen LogP contribution in [0.3, 0.4) is 0 Å². The van der Waals surface area contributed by atoms with E-state index in [1.807, 2.05) is 30.5 Å². The molecule has 0 spiro atoms. The molecule has 1 aliphatic rings. The highest BCUT2D eigenvalue weighted by Gasteiger charge is 2.29. The number of hydrogen-bond donors (Lipinski definition) is 0. The average Bonchev–Trinajstić information content (AvgIpc) is 3.36. The van der Waals surface area contributed by atoms with Gasteiger partial charge >= 0.3 is 5.97 Å². The van der Waals surface area contributed by atoms with E-state index in [1.165, 1.54) is 23.1 Å². The van der Waals surface area contributed by atoms with Crippen LogP contribution in [0.15, 0.2) is 52.9 Å². The molecule has 0 aliphatic carbocycles. The molecule has 1 atom stereocenters. The van der Waals surface area contributed by atoms with Gasteiger partial charge in [0.2, 0.25) is 0 Å². The monoisotopic (exact) mass is 457 g/mol. The molecule has 6 nitrogen and oxygen atoms in total. The van der Waals surface area contributed by atoms with Gasteiger partial charge in [-0.25, -0.2) is 9.48 Å². The quantitative estimate of drug-likeness (QED) is 0.319. The number of para-hydroxylation sites is 1. The highest BCUT2D eigenvalue weighted by molar-refractivity contribution is 8.00. The first-order valence-electron chi connectivity index (χ1n) is 9.33. The minimum absolute atomic E-state index is 0.219. The lowest BCUT2D eigenvalue weighted by molar-refractivity contribution is -0.126. The molecule has 30 heavy (non-hydrogen) atoms. The van der Waals surface area contributed by atoms with Crippen LogP contribution >= 0.6 is 35.3 Å². The van der Waals surface area contributed by atoms with Gasteiger partial charge in [-0.2, -0.15) is 0 Å². The molecule has 0 N–H and O–H groups in total. The van der Waals surface area contributed by atoms with Crippen LogP contribution in [-0.2, 0) is 16.0 Å². The van der Waals surface area contributed by atoms with E-state index < -0.39 is 12.1 Å². The Labute approximate surface area is 187 Å². The first-order chi connectivity index (χ1) is 14.5. The fraction of sp³-hybridized carbons (Fsp3) is 0.238. The zero-order valence-corrected chi connectivity index (χ0v) is 18.9. The number of anilines is 1. The molecule has 0 unspecified atom stereocenters. The number of hydrogen-bond acceptors (Lipinski definition) is 7. The number of aromatic nitrogens is 2. The molecule has 4 rings (SSSR count). The van der Waals surface area contributed by atoms with E-state index in [1.54, 1.807) is 40.8 Å². The number of fused-ring (bicyclic) bond motifs is 1. The Morgan fingerprint density at radius 1 is 1.20 bits per heavy atom. The second-order valence-corrected chi connectivity index (χ2v) is 9.39. The SMILES string of the molecule is CSc1nn(-c2ccc(C(=O)O[C@@H](C)C(=O)N3CCc4ccccc43)cc2)c(=S)s1. The highest BCUT2D eigenvalue weighted by atomic mass is 32.2. The molecule has 2 aromatic carbocycles. The molecule has 154 valence electrons. The van der Waals surface area contributed by atoms with Gasteiger partial charge in [0.1, 0.15) is 0 Å². The zero-order valence-electron chi connectivity index (χ0n) is 16.4. The van der Waals surface area contributed by atoms with Crippen molar-refractivity contribution in [2.24, 2.45) is 0 Å². The summed E-state index contributed by atoms with van der Waals surface area (Å²) >= 11 is 8.31. The second kappa shape index (κ2) is 8.71. The van der Waals surface area contributed by atoms with E-state index in [9.17, 15) is 9.59 Å². The summed E-state index contributed by atoms with van der Waals surface area (Å²) in [6.45, 7) is 2.20. The Morgan fingerprint density at radius 2 is 1.93 bits per heavy atom. The van der Waals surface area contributed by atoms with Crippen LogP contribution in [0.4, 0.5) is 5.69 Å². The minimum Gasteiger partial charge on any atom is -0.449 e. The number of ether oxygens (including phenoxy) is 1. The van der Waals surface area contributed by atoms with Crippen molar-refractivity contribution in [1.29, 1.82) is 0 Å². The van der Waals surface area contributed by atoms with Crippen molar-refractivity contribution in [2.75, 3.05) is 17.7 Å². The van der Waals surface area contributed by atoms with Gasteiger partial charge in [-0.3, -0.25) is 4.79 Å². The number of rotatable bonds is 5. The van der Waals surface area contributed by atoms with E-state index >= 15 is 0 Å². The number of benzene rings is 2. The summed E-state index contributed by atoms with van der Waals surface area (Å²) in [5, 5.41) is 4.43. The fourth-order valence-corrected chi connectivity index (χ4v) is 5.09. The number of amides is 1. The van der Waals surface area contributed by atoms with Gasteiger partial charge in [-0.1, -0.05) is 41.3 Å². The molecule has 1 aromatic heterocycles. The summed E-state index contributed by atoms with van der Waals surface area (Å²) in [5.41, 5.74) is 3.16. The Balaban J connectivity index is 1.44. The van der Waals surface area contributed by atoms with E-state index in [4.69, 9.17) is 17.0 Å². The molecule has 3 aromatic rings. The van der Waals surface area contributed by atoms with Crippen LogP contribution in [0, 0.1) is 3.95 Å². The minimum atomic E-state index is -0.875. The molecule has 1 aliphatic heterocycles. The van der Waals surface area contributed by atoms with Crippen LogP contribution < -0.4 is 4.90 Å². The maximum absolute atomic E-state index is 12.8. The molecule has 1 amide bonds. The van der Waals surface area contributed by atoms with E-state index in [2.05, 4.69) is 5.10 Å². The summed E-state index contributed by atoms with van der Waals surface area (Å²) < 4.78 is 8.62. The molecule has 0 bridgehead atoms. The third-order valence-electron chi connectivity index (χ3n) is 4.84. The maximum atomic E-state index is 12.8. The van der Waals surface area contributed by atoms with Crippen LogP contribution in [-0.4, -0.2) is 40.6 Å². The Bertz CT molecular complexity index is 1150. The molecule has 0 saturated carbocycles. The van der Waals surface area contributed by atoms with Gasteiger partial charge in [0.15, 0.2) is 14.4 Å². The molecule has 0 radical (unpaired) electrons. The van der Waals surface area contributed by atoms with E-state index in [-0.39, 0.29) is 5.91 Å². The summed E-state index contributed by atoms with van der Waals surface area (Å²) in [5.74, 6) is -0.759. The summed E-state index contributed by atoms with van der Waals surface area (Å²) in [7, 11) is 0. The van der Waals surface area contributed by atoms with Crippen molar-refractivity contribution in [3.63, 3.8) is 0 Å². The van der Waals surface area contributed by atoms with Crippen LogP contribution in [0.2, 0.25) is 0 Å². The largest absolute Gasteiger partial charge is 0.449 e. The third-order valence-corrected chi connectivity index (χ3v) is 7.04. The molecule has 0 fully saturated rings. The summed E-state index contributed by atoms with van der Waals surface area (Å²) in [4.78, 5) is 27.0. The lowest BCUT2D eigenvalue weighted by Crippen LogP contribution is -2.39. The number of carbonyl (C=O) groups is 2. The van der Waals surface area contributed by atoms with Crippen molar-refractivity contribution in [2.45, 2.75) is 23.8 Å². The zero-order chi connectivity index (χ0) is 21.3. The van der Waals surface area contributed by atoms with Gasteiger partial charge in [0.05, 0.1) is 11.3 Å². The topological polar surface area (TPSA) is 64.4 Å². The van der Waals surface area contributed by atoms with Crippen molar-refractivity contribution >= 4 is 52.9 Å². The van der Waals surface area contributed by atoms with Gasteiger partial charge < -0.3 is 9.64 Å². The smallest absolute Gasteiger partial charge is 0.338 e. The van der Waals surface area contributed by atoms with Gasteiger partial charge in [0.25, 0.3) is 5.91 Å². The number of nitrogens with zero attached hydrogens (tertiary/aromatic N) is 3. The first kappa shape index (κ1) is 20.8.